The molecule has 0 aliphatic rings. The fourth-order valence-electron chi connectivity index (χ4n) is 3.27. The summed E-state index contributed by atoms with van der Waals surface area (Å²) in [5.41, 5.74) is 1.91. The Bertz CT molecular complexity index is 1120. The van der Waals surface area contributed by atoms with E-state index in [4.69, 9.17) is 23.2 Å². The van der Waals surface area contributed by atoms with E-state index in [2.05, 4.69) is 5.32 Å². The van der Waals surface area contributed by atoms with Gasteiger partial charge in [0, 0.05) is 17.6 Å². The number of nitrogens with zero attached hydrogens (tertiary/aromatic N) is 2. The smallest absolute Gasteiger partial charge is 0.244 e. The molecule has 0 fully saturated rings. The average Bonchev–Trinajstić information content (AvgIpc) is 2.70. The van der Waals surface area contributed by atoms with Crippen LogP contribution < -0.4 is 9.62 Å². The van der Waals surface area contributed by atoms with Gasteiger partial charge < -0.3 is 10.2 Å². The number of amides is 2. The highest BCUT2D eigenvalue weighted by Crippen LogP contribution is 2.31. The normalized spacial score (nSPS) is 12.4. The number of aryl methyl sites for hydroxylation is 1. The number of carbonyl (C=O) groups excluding carboxylic acids is 2. The van der Waals surface area contributed by atoms with Gasteiger partial charge >= 0.3 is 0 Å². The van der Waals surface area contributed by atoms with Crippen LogP contribution in [0.5, 0.6) is 0 Å². The molecule has 2 amide bonds. The van der Waals surface area contributed by atoms with Crippen molar-refractivity contribution >= 4 is 50.7 Å². The van der Waals surface area contributed by atoms with Crippen LogP contribution in [0.25, 0.3) is 0 Å². The second kappa shape index (κ2) is 11.2. The molecule has 0 spiro atoms. The first-order chi connectivity index (χ1) is 15.3. The monoisotopic (exact) mass is 513 g/mol. The predicted octanol–water partition coefficient (Wildman–Crippen LogP) is 4.01. The Morgan fingerprint density at radius 1 is 1.06 bits per heavy atom. The Hall–Kier alpha value is -2.29. The molecule has 0 saturated carbocycles. The third-order valence-corrected chi connectivity index (χ3v) is 6.57. The molecular formula is C23H29Cl2N3O4S. The maximum atomic E-state index is 13.5. The van der Waals surface area contributed by atoms with Crippen molar-refractivity contribution in [2.75, 3.05) is 17.1 Å². The molecule has 0 aliphatic heterocycles. The molecule has 0 aliphatic carbocycles. The van der Waals surface area contributed by atoms with E-state index in [1.54, 1.807) is 6.92 Å². The van der Waals surface area contributed by atoms with Gasteiger partial charge in [0.15, 0.2) is 0 Å². The maximum absolute atomic E-state index is 13.5. The molecule has 0 bridgehead atoms. The van der Waals surface area contributed by atoms with Crippen molar-refractivity contribution in [2.24, 2.45) is 0 Å². The summed E-state index contributed by atoms with van der Waals surface area (Å²) in [6.07, 6.45) is 0.983. The largest absolute Gasteiger partial charge is 0.352 e. The van der Waals surface area contributed by atoms with Gasteiger partial charge in [-0.25, -0.2) is 8.42 Å². The van der Waals surface area contributed by atoms with Crippen LogP contribution in [0.3, 0.4) is 0 Å². The molecular weight excluding hydrogens is 485 g/mol. The van der Waals surface area contributed by atoms with E-state index in [0.29, 0.717) is 0 Å². The van der Waals surface area contributed by atoms with Crippen LogP contribution in [0.15, 0.2) is 42.5 Å². The highest BCUT2D eigenvalue weighted by atomic mass is 35.5. The van der Waals surface area contributed by atoms with Crippen molar-refractivity contribution in [3.05, 3.63) is 63.6 Å². The first-order valence-corrected chi connectivity index (χ1v) is 13.0. The van der Waals surface area contributed by atoms with Gasteiger partial charge in [0.1, 0.15) is 12.6 Å². The third kappa shape index (κ3) is 7.62. The second-order valence-electron chi connectivity index (χ2n) is 8.22. The molecule has 10 heteroatoms. The molecule has 2 aromatic rings. The molecule has 1 N–H and O–H groups in total. The molecule has 180 valence electrons. The van der Waals surface area contributed by atoms with Crippen molar-refractivity contribution < 1.29 is 18.0 Å². The molecule has 7 nitrogen and oxygen atoms in total. The number of benzene rings is 2. The van der Waals surface area contributed by atoms with Crippen LogP contribution >= 0.6 is 23.2 Å². The van der Waals surface area contributed by atoms with Gasteiger partial charge in [-0.05, 0) is 51.5 Å². The lowest BCUT2D eigenvalue weighted by Gasteiger charge is -2.32. The van der Waals surface area contributed by atoms with E-state index in [1.807, 2.05) is 45.0 Å². The Balaban J connectivity index is 2.44. The lowest BCUT2D eigenvalue weighted by atomic mass is 10.1. The summed E-state index contributed by atoms with van der Waals surface area (Å²) >= 11 is 12.3. The van der Waals surface area contributed by atoms with Crippen molar-refractivity contribution in [2.45, 2.75) is 46.3 Å². The summed E-state index contributed by atoms with van der Waals surface area (Å²) in [6, 6.07) is 11.0. The fraction of sp³-hybridized carbons (Fsp3) is 0.391. The minimum atomic E-state index is -3.89. The van der Waals surface area contributed by atoms with E-state index in [-0.39, 0.29) is 34.2 Å². The van der Waals surface area contributed by atoms with Gasteiger partial charge in [0.2, 0.25) is 21.8 Å². The van der Waals surface area contributed by atoms with Gasteiger partial charge in [-0.3, -0.25) is 13.9 Å². The van der Waals surface area contributed by atoms with Crippen LogP contribution in [-0.2, 0) is 26.2 Å². The van der Waals surface area contributed by atoms with Gasteiger partial charge in [0.05, 0.1) is 17.0 Å². The van der Waals surface area contributed by atoms with Crippen LogP contribution in [0, 0.1) is 6.92 Å². The zero-order chi connectivity index (χ0) is 24.9. The van der Waals surface area contributed by atoms with Crippen molar-refractivity contribution in [1.29, 1.82) is 0 Å². The SMILES string of the molecule is Cc1cccc(CN(C(=O)CN(c2cc(Cl)ccc2Cl)S(C)(=O)=O)[C@H](C)C(=O)NC(C)C)c1. The molecule has 0 aromatic heterocycles. The molecule has 0 saturated heterocycles. The summed E-state index contributed by atoms with van der Waals surface area (Å²) in [4.78, 5) is 27.6. The summed E-state index contributed by atoms with van der Waals surface area (Å²) in [6.45, 7) is 6.78. The standard InChI is InChI=1S/C23H29Cl2N3O4S/c1-15(2)26-23(30)17(4)27(13-18-8-6-7-16(3)11-18)22(29)14-28(33(5,31)32)21-12-19(24)9-10-20(21)25/h6-12,15,17H,13-14H2,1-5H3,(H,26,30)/t17-/m1/s1. The van der Waals surface area contributed by atoms with Crippen LogP contribution in [0.2, 0.25) is 10.0 Å². The molecule has 0 unspecified atom stereocenters. The third-order valence-electron chi connectivity index (χ3n) is 4.89. The average molecular weight is 514 g/mol. The first kappa shape index (κ1) is 27.0. The van der Waals surface area contributed by atoms with E-state index >= 15 is 0 Å². The highest BCUT2D eigenvalue weighted by molar-refractivity contribution is 7.92. The summed E-state index contributed by atoms with van der Waals surface area (Å²) in [5, 5.41) is 3.21. The second-order valence-corrected chi connectivity index (χ2v) is 11.0. The van der Waals surface area contributed by atoms with Crippen LogP contribution in [0.1, 0.15) is 31.9 Å². The number of anilines is 1. The van der Waals surface area contributed by atoms with Crippen LogP contribution in [0.4, 0.5) is 5.69 Å². The van der Waals surface area contributed by atoms with Gasteiger partial charge in [-0.15, -0.1) is 0 Å². The lowest BCUT2D eigenvalue weighted by molar-refractivity contribution is -0.139. The number of nitrogens with one attached hydrogen (secondary N) is 1. The number of carbonyl (C=O) groups is 2. The molecule has 2 aromatic carbocycles. The number of sulfonamides is 1. The predicted molar refractivity (Wildman–Crippen MR) is 133 cm³/mol. The van der Waals surface area contributed by atoms with Crippen molar-refractivity contribution in [3.63, 3.8) is 0 Å². The quantitative estimate of drug-likeness (QED) is 0.548. The van der Waals surface area contributed by atoms with Crippen molar-refractivity contribution in [3.8, 4) is 0 Å². The van der Waals surface area contributed by atoms with Gasteiger partial charge in [-0.2, -0.15) is 0 Å². The van der Waals surface area contributed by atoms with Crippen molar-refractivity contribution in [1.82, 2.24) is 10.2 Å². The minimum Gasteiger partial charge on any atom is -0.352 e. The zero-order valence-corrected chi connectivity index (χ0v) is 21.6. The van der Waals surface area contributed by atoms with E-state index in [0.717, 1.165) is 21.7 Å². The Morgan fingerprint density at radius 3 is 2.30 bits per heavy atom. The number of hydrogen-bond donors (Lipinski definition) is 1. The Kier molecular flexibility index (Phi) is 9.17. The topological polar surface area (TPSA) is 86.8 Å². The number of halogens is 2. The molecule has 1 atom stereocenters. The zero-order valence-electron chi connectivity index (χ0n) is 19.3. The van der Waals surface area contributed by atoms with Gasteiger partial charge in [0.25, 0.3) is 0 Å². The maximum Gasteiger partial charge on any atom is 0.244 e. The molecule has 33 heavy (non-hydrogen) atoms. The van der Waals surface area contributed by atoms with E-state index in [9.17, 15) is 18.0 Å². The summed E-state index contributed by atoms with van der Waals surface area (Å²) < 4.78 is 26.1. The molecule has 0 radical (unpaired) electrons. The van der Waals surface area contributed by atoms with E-state index < -0.39 is 28.5 Å². The Morgan fingerprint density at radius 2 is 1.73 bits per heavy atom. The summed E-state index contributed by atoms with van der Waals surface area (Å²) in [7, 11) is -3.89. The summed E-state index contributed by atoms with van der Waals surface area (Å²) in [5.74, 6) is -0.887. The highest BCUT2D eigenvalue weighted by Gasteiger charge is 2.31. The van der Waals surface area contributed by atoms with E-state index in [1.165, 1.54) is 23.1 Å². The minimum absolute atomic E-state index is 0.0924. The fourth-order valence-corrected chi connectivity index (χ4v) is 4.56. The number of hydrogen-bond acceptors (Lipinski definition) is 4. The van der Waals surface area contributed by atoms with Gasteiger partial charge in [-0.1, -0.05) is 53.0 Å². The number of rotatable bonds is 9. The Labute approximate surface area is 205 Å². The van der Waals surface area contributed by atoms with Crippen LogP contribution in [-0.4, -0.2) is 50.0 Å². The lowest BCUT2D eigenvalue weighted by Crippen LogP contribution is -2.52. The molecule has 2 rings (SSSR count). The molecule has 0 heterocycles. The first-order valence-electron chi connectivity index (χ1n) is 10.4.